The van der Waals surface area contributed by atoms with Crippen molar-refractivity contribution in [1.29, 1.82) is 0 Å². The summed E-state index contributed by atoms with van der Waals surface area (Å²) >= 11 is 0. The van der Waals surface area contributed by atoms with Gasteiger partial charge in [0.15, 0.2) is 0 Å². The summed E-state index contributed by atoms with van der Waals surface area (Å²) in [5.74, 6) is -4.81. The Labute approximate surface area is 219 Å². The van der Waals surface area contributed by atoms with Crippen LogP contribution >= 0.6 is 0 Å². The molecule has 5 atom stereocenters. The van der Waals surface area contributed by atoms with E-state index in [-0.39, 0.29) is 18.9 Å². The van der Waals surface area contributed by atoms with E-state index in [9.17, 15) is 34.2 Å². The van der Waals surface area contributed by atoms with Gasteiger partial charge in [-0.15, -0.1) is 0 Å². The van der Waals surface area contributed by atoms with E-state index in [0.717, 1.165) is 10.9 Å². The van der Waals surface area contributed by atoms with Crippen molar-refractivity contribution in [2.45, 2.75) is 70.1 Å². The van der Waals surface area contributed by atoms with Crippen molar-refractivity contribution in [2.24, 2.45) is 11.7 Å². The van der Waals surface area contributed by atoms with Crippen LogP contribution in [-0.4, -0.2) is 80.5 Å². The summed E-state index contributed by atoms with van der Waals surface area (Å²) in [6.07, 6.45) is 2.41. The molecular formula is C26H35N5O7. The highest BCUT2D eigenvalue weighted by Gasteiger charge is 2.39. The number of amides is 3. The first-order chi connectivity index (χ1) is 18.0. The normalized spacial score (nSPS) is 18.4. The third-order valence-electron chi connectivity index (χ3n) is 7.11. The number of carbonyl (C=O) groups is 5. The van der Waals surface area contributed by atoms with Crippen LogP contribution in [0, 0.1) is 5.92 Å². The highest BCUT2D eigenvalue weighted by atomic mass is 16.4. The molecule has 38 heavy (non-hydrogen) atoms. The van der Waals surface area contributed by atoms with E-state index in [1.54, 1.807) is 13.1 Å². The third kappa shape index (κ3) is 6.68. The Hall–Kier alpha value is -3.93. The monoisotopic (exact) mass is 529 g/mol. The number of para-hydroxylation sites is 1. The number of carboxylic acids is 2. The minimum atomic E-state index is -1.48. The predicted molar refractivity (Wildman–Crippen MR) is 138 cm³/mol. The number of likely N-dealkylation sites (tertiary alicyclic amines) is 1. The number of aliphatic carboxylic acids is 2. The van der Waals surface area contributed by atoms with Crippen molar-refractivity contribution in [3.63, 3.8) is 0 Å². The quantitative estimate of drug-likeness (QED) is 0.230. The van der Waals surface area contributed by atoms with Gasteiger partial charge in [-0.2, -0.15) is 0 Å². The standard InChI is InChI=1S/C26H35N5O7/c1-3-14(2)22(27)24(35)29-18(12-21(32)33)23(34)30-19(25(36)31-10-6-9-20(31)26(37)38)11-15-13-28-17-8-5-4-7-16(15)17/h4-5,7-8,13-14,18-20,22,28H,3,6,9-12,27H2,1-2H3,(H,29,35)(H,30,34)(H,32,33)(H,37,38). The first-order valence-electron chi connectivity index (χ1n) is 12.7. The molecule has 0 radical (unpaired) electrons. The number of fused-ring (bicyclic) bond motifs is 1. The Morgan fingerprint density at radius 3 is 2.45 bits per heavy atom. The van der Waals surface area contributed by atoms with Gasteiger partial charge in [0.25, 0.3) is 0 Å². The van der Waals surface area contributed by atoms with Gasteiger partial charge < -0.3 is 36.5 Å². The molecule has 1 fully saturated rings. The van der Waals surface area contributed by atoms with Crippen molar-refractivity contribution >= 4 is 40.6 Å². The molecule has 2 heterocycles. The molecule has 1 aliphatic heterocycles. The van der Waals surface area contributed by atoms with Crippen LogP contribution in [0.5, 0.6) is 0 Å². The number of nitrogens with one attached hydrogen (secondary N) is 3. The van der Waals surface area contributed by atoms with Gasteiger partial charge in [-0.3, -0.25) is 19.2 Å². The van der Waals surface area contributed by atoms with Crippen molar-refractivity contribution in [2.75, 3.05) is 6.54 Å². The molecule has 0 spiro atoms. The highest BCUT2D eigenvalue weighted by Crippen LogP contribution is 2.23. The van der Waals surface area contributed by atoms with Crippen LogP contribution in [0.1, 0.15) is 45.1 Å². The Bertz CT molecular complexity index is 1200. The van der Waals surface area contributed by atoms with Gasteiger partial charge in [-0.05, 0) is 30.4 Å². The lowest BCUT2D eigenvalue weighted by Gasteiger charge is -2.29. The minimum Gasteiger partial charge on any atom is -0.481 e. The number of rotatable bonds is 12. The largest absolute Gasteiger partial charge is 0.481 e. The molecule has 5 unspecified atom stereocenters. The maximum absolute atomic E-state index is 13.6. The van der Waals surface area contributed by atoms with Crippen LogP contribution in [0.25, 0.3) is 10.9 Å². The smallest absolute Gasteiger partial charge is 0.326 e. The summed E-state index contributed by atoms with van der Waals surface area (Å²) < 4.78 is 0. The van der Waals surface area contributed by atoms with Gasteiger partial charge in [0.2, 0.25) is 17.7 Å². The van der Waals surface area contributed by atoms with Crippen LogP contribution in [0.3, 0.4) is 0 Å². The molecule has 206 valence electrons. The van der Waals surface area contributed by atoms with Gasteiger partial charge in [0.1, 0.15) is 18.1 Å². The number of carboxylic acid groups (broad SMARTS) is 2. The molecule has 1 aliphatic rings. The van der Waals surface area contributed by atoms with E-state index in [4.69, 9.17) is 5.73 Å². The average Bonchev–Trinajstić information content (AvgIpc) is 3.54. The molecule has 7 N–H and O–H groups in total. The maximum atomic E-state index is 13.6. The van der Waals surface area contributed by atoms with Crippen LogP contribution < -0.4 is 16.4 Å². The molecule has 1 aromatic carbocycles. The van der Waals surface area contributed by atoms with E-state index in [0.29, 0.717) is 24.8 Å². The van der Waals surface area contributed by atoms with E-state index in [1.165, 1.54) is 4.90 Å². The van der Waals surface area contributed by atoms with Gasteiger partial charge in [0, 0.05) is 30.1 Å². The van der Waals surface area contributed by atoms with E-state index < -0.39 is 60.2 Å². The number of carbonyl (C=O) groups excluding carboxylic acids is 3. The zero-order valence-corrected chi connectivity index (χ0v) is 21.5. The molecule has 0 saturated carbocycles. The Morgan fingerprint density at radius 2 is 1.79 bits per heavy atom. The van der Waals surface area contributed by atoms with Crippen molar-refractivity contribution in [3.8, 4) is 0 Å². The first-order valence-corrected chi connectivity index (χ1v) is 12.7. The number of nitrogens with two attached hydrogens (primary N) is 1. The minimum absolute atomic E-state index is 0.0253. The summed E-state index contributed by atoms with van der Waals surface area (Å²) in [7, 11) is 0. The molecule has 0 bridgehead atoms. The molecule has 12 heteroatoms. The lowest BCUT2D eigenvalue weighted by Crippen LogP contribution is -2.58. The summed E-state index contributed by atoms with van der Waals surface area (Å²) in [4.78, 5) is 67.1. The molecule has 1 aromatic heterocycles. The molecule has 0 aliphatic carbocycles. The van der Waals surface area contributed by atoms with Gasteiger partial charge in [-0.25, -0.2) is 4.79 Å². The lowest BCUT2D eigenvalue weighted by atomic mass is 9.98. The van der Waals surface area contributed by atoms with Crippen LogP contribution in [0.2, 0.25) is 0 Å². The Kier molecular flexibility index (Phi) is 9.45. The van der Waals surface area contributed by atoms with E-state index >= 15 is 0 Å². The zero-order chi connectivity index (χ0) is 28.0. The Morgan fingerprint density at radius 1 is 1.11 bits per heavy atom. The fraction of sp³-hybridized carbons (Fsp3) is 0.500. The van der Waals surface area contributed by atoms with Crippen molar-refractivity contribution in [3.05, 3.63) is 36.0 Å². The Balaban J connectivity index is 1.88. The topological polar surface area (TPSA) is 195 Å². The first kappa shape index (κ1) is 28.6. The fourth-order valence-electron chi connectivity index (χ4n) is 4.64. The molecule has 12 nitrogen and oxygen atoms in total. The number of nitrogens with zero attached hydrogens (tertiary/aromatic N) is 1. The maximum Gasteiger partial charge on any atom is 0.326 e. The zero-order valence-electron chi connectivity index (χ0n) is 21.5. The molecular weight excluding hydrogens is 494 g/mol. The van der Waals surface area contributed by atoms with E-state index in [2.05, 4.69) is 15.6 Å². The second-order valence-corrected chi connectivity index (χ2v) is 9.72. The SMILES string of the molecule is CCC(C)C(N)C(=O)NC(CC(=O)O)C(=O)NC(Cc1c[nH]c2ccccc12)C(=O)N1CCCC1C(=O)O. The molecule has 3 amide bonds. The average molecular weight is 530 g/mol. The fourth-order valence-corrected chi connectivity index (χ4v) is 4.64. The number of H-pyrrole nitrogens is 1. The van der Waals surface area contributed by atoms with Crippen LogP contribution in [0.4, 0.5) is 0 Å². The summed E-state index contributed by atoms with van der Waals surface area (Å²) in [5.41, 5.74) is 7.49. The number of hydrogen-bond acceptors (Lipinski definition) is 6. The predicted octanol–water partition coefficient (Wildman–Crippen LogP) is 0.604. The number of aromatic amines is 1. The molecule has 3 rings (SSSR count). The number of aromatic nitrogens is 1. The lowest BCUT2D eigenvalue weighted by molar-refractivity contribution is -0.149. The van der Waals surface area contributed by atoms with Crippen LogP contribution in [-0.2, 0) is 30.4 Å². The van der Waals surface area contributed by atoms with E-state index in [1.807, 2.05) is 31.2 Å². The van der Waals surface area contributed by atoms with Gasteiger partial charge in [0.05, 0.1) is 12.5 Å². The number of hydrogen-bond donors (Lipinski definition) is 6. The van der Waals surface area contributed by atoms with Gasteiger partial charge >= 0.3 is 11.9 Å². The summed E-state index contributed by atoms with van der Waals surface area (Å²) in [5, 5.41) is 24.8. The summed E-state index contributed by atoms with van der Waals surface area (Å²) in [6, 6.07) is 2.73. The van der Waals surface area contributed by atoms with Crippen molar-refractivity contribution < 1.29 is 34.2 Å². The van der Waals surface area contributed by atoms with Crippen molar-refractivity contribution in [1.82, 2.24) is 20.5 Å². The summed E-state index contributed by atoms with van der Waals surface area (Å²) in [6.45, 7) is 3.83. The second-order valence-electron chi connectivity index (χ2n) is 9.72. The second kappa shape index (κ2) is 12.5. The van der Waals surface area contributed by atoms with Crippen LogP contribution in [0.15, 0.2) is 30.5 Å². The number of benzene rings is 1. The van der Waals surface area contributed by atoms with Gasteiger partial charge in [-0.1, -0.05) is 38.5 Å². The highest BCUT2D eigenvalue weighted by molar-refractivity contribution is 5.96. The molecule has 1 saturated heterocycles. The third-order valence-corrected chi connectivity index (χ3v) is 7.11. The molecule has 2 aromatic rings.